The highest BCUT2D eigenvalue weighted by Crippen LogP contribution is 2.25. The van der Waals surface area contributed by atoms with Gasteiger partial charge in [-0.1, -0.05) is 12.8 Å². The summed E-state index contributed by atoms with van der Waals surface area (Å²) < 4.78 is 0. The average molecular weight is 406 g/mol. The summed E-state index contributed by atoms with van der Waals surface area (Å²) in [6.07, 6.45) is 9.07. The first-order chi connectivity index (χ1) is 14.5. The summed E-state index contributed by atoms with van der Waals surface area (Å²) >= 11 is 0. The predicted octanol–water partition coefficient (Wildman–Crippen LogP) is 2.99. The Balaban J connectivity index is 1.63. The first kappa shape index (κ1) is 20.0. The average Bonchev–Trinajstić information content (AvgIpc) is 3.24. The van der Waals surface area contributed by atoms with Crippen molar-refractivity contribution in [2.75, 3.05) is 10.6 Å². The third-order valence-electron chi connectivity index (χ3n) is 5.28. The fraction of sp³-hybridized carbons (Fsp3) is 0.381. The van der Waals surface area contributed by atoms with E-state index in [0.717, 1.165) is 42.6 Å². The van der Waals surface area contributed by atoms with Gasteiger partial charge in [-0.25, -0.2) is 4.98 Å². The molecule has 1 fully saturated rings. The lowest BCUT2D eigenvalue weighted by Crippen LogP contribution is -2.43. The quantitative estimate of drug-likeness (QED) is 0.534. The molecule has 1 saturated carbocycles. The van der Waals surface area contributed by atoms with E-state index in [9.17, 15) is 4.79 Å². The highest BCUT2D eigenvalue weighted by molar-refractivity contribution is 5.99. The number of nitrogens with zero attached hydrogens (tertiary/aromatic N) is 5. The van der Waals surface area contributed by atoms with Crippen molar-refractivity contribution in [3.8, 4) is 5.69 Å². The van der Waals surface area contributed by atoms with Crippen molar-refractivity contribution in [1.29, 1.82) is 0 Å². The number of Topliss-reactive ketones (excluding diaryl/α,β-unsaturated/α-hetero) is 1. The van der Waals surface area contributed by atoms with Crippen LogP contribution >= 0.6 is 0 Å². The second kappa shape index (κ2) is 8.58. The molecule has 0 aliphatic heterocycles. The zero-order valence-corrected chi connectivity index (χ0v) is 17.2. The number of ketones is 1. The molecule has 2 aromatic heterocycles. The Labute approximate surface area is 175 Å². The molecule has 0 bridgehead atoms. The Kier molecular flexibility index (Phi) is 5.71. The third kappa shape index (κ3) is 4.46. The Bertz CT molecular complexity index is 1030. The van der Waals surface area contributed by atoms with Gasteiger partial charge in [0, 0.05) is 24.0 Å². The van der Waals surface area contributed by atoms with Crippen LogP contribution in [0.15, 0.2) is 36.8 Å². The normalized spacial score (nSPS) is 18.8. The van der Waals surface area contributed by atoms with Gasteiger partial charge < -0.3 is 16.4 Å². The minimum atomic E-state index is -0.111. The molecular weight excluding hydrogens is 380 g/mol. The Morgan fingerprint density at radius 3 is 2.67 bits per heavy atom. The van der Waals surface area contributed by atoms with Crippen molar-refractivity contribution in [2.24, 2.45) is 5.73 Å². The lowest BCUT2D eigenvalue weighted by molar-refractivity contribution is 0.101. The first-order valence-corrected chi connectivity index (χ1v) is 10.1. The molecule has 0 radical (unpaired) electrons. The highest BCUT2D eigenvalue weighted by Gasteiger charge is 2.23. The number of benzene rings is 1. The summed E-state index contributed by atoms with van der Waals surface area (Å²) in [4.78, 5) is 22.6. The summed E-state index contributed by atoms with van der Waals surface area (Å²) in [7, 11) is 0. The van der Waals surface area contributed by atoms with E-state index in [4.69, 9.17) is 5.73 Å². The van der Waals surface area contributed by atoms with E-state index < -0.39 is 0 Å². The Morgan fingerprint density at radius 1 is 1.17 bits per heavy atom. The van der Waals surface area contributed by atoms with Crippen LogP contribution < -0.4 is 16.4 Å². The zero-order valence-electron chi connectivity index (χ0n) is 17.2. The molecule has 1 aliphatic carbocycles. The van der Waals surface area contributed by atoms with Crippen molar-refractivity contribution < 1.29 is 4.79 Å². The van der Waals surface area contributed by atoms with Crippen LogP contribution in [0.25, 0.3) is 5.69 Å². The molecule has 0 amide bonds. The number of carbonyl (C=O) groups is 1. The van der Waals surface area contributed by atoms with E-state index >= 15 is 0 Å². The van der Waals surface area contributed by atoms with Crippen LogP contribution in [0.1, 0.15) is 48.5 Å². The molecule has 9 heteroatoms. The molecule has 1 aromatic carbocycles. The van der Waals surface area contributed by atoms with Crippen molar-refractivity contribution in [3.05, 3.63) is 47.9 Å². The van der Waals surface area contributed by atoms with Crippen molar-refractivity contribution >= 4 is 23.2 Å². The van der Waals surface area contributed by atoms with Gasteiger partial charge in [-0.3, -0.25) is 4.79 Å². The van der Waals surface area contributed by atoms with Crippen LogP contribution in [-0.2, 0) is 0 Å². The van der Waals surface area contributed by atoms with E-state index in [1.165, 1.54) is 6.92 Å². The lowest BCUT2D eigenvalue weighted by atomic mass is 9.91. The maximum atomic E-state index is 12.1. The number of hydrogen-bond donors (Lipinski definition) is 3. The van der Waals surface area contributed by atoms with Crippen LogP contribution in [0.4, 0.5) is 17.5 Å². The Hall–Kier alpha value is -3.33. The molecule has 9 nitrogen and oxygen atoms in total. The molecule has 0 unspecified atom stereocenters. The molecule has 0 spiro atoms. The molecule has 3 aromatic rings. The fourth-order valence-electron chi connectivity index (χ4n) is 3.75. The maximum Gasteiger partial charge on any atom is 0.224 e. The van der Waals surface area contributed by atoms with Crippen LogP contribution in [0.3, 0.4) is 0 Å². The zero-order chi connectivity index (χ0) is 21.1. The van der Waals surface area contributed by atoms with E-state index in [1.54, 1.807) is 23.4 Å². The molecule has 0 saturated heterocycles. The maximum absolute atomic E-state index is 12.1. The highest BCUT2D eigenvalue weighted by atomic mass is 16.1. The van der Waals surface area contributed by atoms with E-state index in [2.05, 4.69) is 30.8 Å². The Morgan fingerprint density at radius 2 is 1.93 bits per heavy atom. The third-order valence-corrected chi connectivity index (χ3v) is 5.28. The number of carbonyl (C=O) groups excluding carboxylic acids is 1. The number of anilines is 3. The molecule has 4 N–H and O–H groups in total. The van der Waals surface area contributed by atoms with E-state index in [1.807, 2.05) is 25.1 Å². The topological polar surface area (TPSA) is 124 Å². The summed E-state index contributed by atoms with van der Waals surface area (Å²) in [6.45, 7) is 3.49. The number of aryl methyl sites for hydroxylation is 1. The van der Waals surface area contributed by atoms with Gasteiger partial charge in [-0.05, 0) is 50.5 Å². The van der Waals surface area contributed by atoms with Gasteiger partial charge in [0.2, 0.25) is 5.95 Å². The van der Waals surface area contributed by atoms with Gasteiger partial charge in [0.15, 0.2) is 5.78 Å². The van der Waals surface area contributed by atoms with Gasteiger partial charge in [-0.15, -0.1) is 0 Å². The van der Waals surface area contributed by atoms with Crippen molar-refractivity contribution in [3.63, 3.8) is 0 Å². The number of aromatic nitrogens is 5. The van der Waals surface area contributed by atoms with Crippen LogP contribution in [0.5, 0.6) is 0 Å². The monoisotopic (exact) mass is 406 g/mol. The second-order valence-electron chi connectivity index (χ2n) is 7.71. The van der Waals surface area contributed by atoms with Gasteiger partial charge in [0.1, 0.15) is 5.82 Å². The SMILES string of the molecule is CC(=O)c1cnc(N[C@@H]2CCCC[C@@H]2N)nc1Nc1cc(C)cc(-n2nccn2)c1. The molecule has 2 atom stereocenters. The van der Waals surface area contributed by atoms with Gasteiger partial charge in [0.05, 0.1) is 23.6 Å². The summed E-state index contributed by atoms with van der Waals surface area (Å²) in [5.74, 6) is 0.806. The number of nitrogens with two attached hydrogens (primary N) is 1. The largest absolute Gasteiger partial charge is 0.350 e. The van der Waals surface area contributed by atoms with Gasteiger partial charge >= 0.3 is 0 Å². The summed E-state index contributed by atoms with van der Waals surface area (Å²) in [5, 5.41) is 15.0. The standard InChI is InChI=1S/C21H26N8O/c1-13-9-15(11-16(10-13)29-24-7-8-25-29)26-20-17(14(2)30)12-23-21(28-20)27-19-6-4-3-5-18(19)22/h7-12,18-19H,3-6,22H2,1-2H3,(H2,23,26,27,28)/t18-,19+/m0/s1. The van der Waals surface area contributed by atoms with E-state index in [-0.39, 0.29) is 17.9 Å². The number of rotatable bonds is 6. The molecule has 4 rings (SSSR count). The van der Waals surface area contributed by atoms with Crippen molar-refractivity contribution in [2.45, 2.75) is 51.6 Å². The number of hydrogen-bond acceptors (Lipinski definition) is 8. The molecule has 2 heterocycles. The van der Waals surface area contributed by atoms with Crippen LogP contribution in [0, 0.1) is 6.92 Å². The fourth-order valence-corrected chi connectivity index (χ4v) is 3.75. The molecular formula is C21H26N8O. The molecule has 1 aliphatic rings. The van der Waals surface area contributed by atoms with Crippen LogP contribution in [-0.4, -0.2) is 42.8 Å². The lowest BCUT2D eigenvalue weighted by Gasteiger charge is -2.29. The van der Waals surface area contributed by atoms with E-state index in [0.29, 0.717) is 17.3 Å². The van der Waals surface area contributed by atoms with Crippen molar-refractivity contribution in [1.82, 2.24) is 25.0 Å². The predicted molar refractivity (Wildman–Crippen MR) is 115 cm³/mol. The minimum absolute atomic E-state index is 0.0761. The second-order valence-corrected chi connectivity index (χ2v) is 7.71. The first-order valence-electron chi connectivity index (χ1n) is 10.1. The summed E-state index contributed by atoms with van der Waals surface area (Å²) in [6, 6.07) is 6.07. The van der Waals surface area contributed by atoms with Crippen LogP contribution in [0.2, 0.25) is 0 Å². The number of nitrogens with one attached hydrogen (secondary N) is 2. The van der Waals surface area contributed by atoms with Gasteiger partial charge in [0.25, 0.3) is 0 Å². The molecule has 30 heavy (non-hydrogen) atoms. The van der Waals surface area contributed by atoms with Gasteiger partial charge in [-0.2, -0.15) is 20.0 Å². The smallest absolute Gasteiger partial charge is 0.224 e. The molecule has 156 valence electrons. The summed E-state index contributed by atoms with van der Waals surface area (Å²) in [5.41, 5.74) is 9.29. The minimum Gasteiger partial charge on any atom is -0.350 e.